The van der Waals surface area contributed by atoms with Gasteiger partial charge in [-0.15, -0.1) is 0 Å². The van der Waals surface area contributed by atoms with Crippen LogP contribution in [0.5, 0.6) is 0 Å². The highest BCUT2D eigenvalue weighted by Crippen LogP contribution is 2.34. The minimum atomic E-state index is 0.643. The van der Waals surface area contributed by atoms with Crippen molar-refractivity contribution in [2.75, 3.05) is 11.9 Å². The minimum absolute atomic E-state index is 0.643. The predicted octanol–water partition coefficient (Wildman–Crippen LogP) is 4.17. The third-order valence-electron chi connectivity index (χ3n) is 4.61. The Bertz CT molecular complexity index is 415. The number of hydrogen-bond acceptors (Lipinski definition) is 2. The van der Waals surface area contributed by atoms with E-state index in [1.807, 2.05) is 0 Å². The Morgan fingerprint density at radius 3 is 2.84 bits per heavy atom. The van der Waals surface area contributed by atoms with E-state index in [0.29, 0.717) is 6.04 Å². The van der Waals surface area contributed by atoms with E-state index in [1.54, 1.807) is 0 Å². The summed E-state index contributed by atoms with van der Waals surface area (Å²) in [5.41, 5.74) is 1.25. The minimum Gasteiger partial charge on any atom is -0.382 e. The average molecular weight is 323 g/mol. The summed E-state index contributed by atoms with van der Waals surface area (Å²) in [6, 6.07) is 9.93. The van der Waals surface area contributed by atoms with E-state index in [2.05, 4.69) is 50.8 Å². The molecule has 2 nitrogen and oxygen atoms in total. The first-order valence-electron chi connectivity index (χ1n) is 7.58. The van der Waals surface area contributed by atoms with E-state index in [-0.39, 0.29) is 0 Å². The number of anilines is 1. The number of hydrogen-bond donors (Lipinski definition) is 2. The van der Waals surface area contributed by atoms with Gasteiger partial charge in [0.05, 0.1) is 0 Å². The van der Waals surface area contributed by atoms with Crippen LogP contribution in [0.4, 0.5) is 5.69 Å². The SMILES string of the molecule is Brc1cccc(NC2CCCC2C2CCCCN2)c1. The van der Waals surface area contributed by atoms with E-state index in [1.165, 1.54) is 50.8 Å². The molecule has 0 amide bonds. The number of piperidine rings is 1. The molecule has 3 heteroatoms. The second-order valence-corrected chi connectivity index (χ2v) is 6.83. The third-order valence-corrected chi connectivity index (χ3v) is 5.10. The van der Waals surface area contributed by atoms with Crippen LogP contribution in [-0.4, -0.2) is 18.6 Å². The Morgan fingerprint density at radius 1 is 1.11 bits per heavy atom. The first-order valence-corrected chi connectivity index (χ1v) is 8.38. The van der Waals surface area contributed by atoms with Gasteiger partial charge in [0.25, 0.3) is 0 Å². The number of halogens is 1. The molecule has 1 saturated heterocycles. The molecular weight excluding hydrogens is 300 g/mol. The largest absolute Gasteiger partial charge is 0.382 e. The lowest BCUT2D eigenvalue weighted by Gasteiger charge is -2.33. The Hall–Kier alpha value is -0.540. The molecule has 2 N–H and O–H groups in total. The van der Waals surface area contributed by atoms with Crippen LogP contribution in [0.15, 0.2) is 28.7 Å². The van der Waals surface area contributed by atoms with Crippen molar-refractivity contribution in [3.8, 4) is 0 Å². The first-order chi connectivity index (χ1) is 9.33. The molecule has 0 bridgehead atoms. The van der Waals surface area contributed by atoms with Gasteiger partial charge in [-0.05, 0) is 56.3 Å². The molecule has 104 valence electrons. The highest BCUT2D eigenvalue weighted by molar-refractivity contribution is 9.10. The zero-order chi connectivity index (χ0) is 13.1. The molecule has 1 aromatic carbocycles. The average Bonchev–Trinajstić information content (AvgIpc) is 2.88. The van der Waals surface area contributed by atoms with Crippen LogP contribution in [0, 0.1) is 5.92 Å². The molecule has 0 aromatic heterocycles. The van der Waals surface area contributed by atoms with E-state index in [9.17, 15) is 0 Å². The zero-order valence-corrected chi connectivity index (χ0v) is 13.0. The lowest BCUT2D eigenvalue weighted by Crippen LogP contribution is -2.44. The normalized spacial score (nSPS) is 31.3. The number of nitrogens with one attached hydrogen (secondary N) is 2. The van der Waals surface area contributed by atoms with Gasteiger partial charge < -0.3 is 10.6 Å². The second kappa shape index (κ2) is 6.27. The van der Waals surface area contributed by atoms with Crippen LogP contribution in [0.1, 0.15) is 38.5 Å². The van der Waals surface area contributed by atoms with Gasteiger partial charge in [0.15, 0.2) is 0 Å². The maximum Gasteiger partial charge on any atom is 0.0353 e. The summed E-state index contributed by atoms with van der Waals surface area (Å²) in [5.74, 6) is 0.805. The number of benzene rings is 1. The van der Waals surface area contributed by atoms with Gasteiger partial charge in [0.1, 0.15) is 0 Å². The first kappa shape index (κ1) is 13.4. The van der Waals surface area contributed by atoms with Crippen LogP contribution >= 0.6 is 15.9 Å². The number of rotatable bonds is 3. The quantitative estimate of drug-likeness (QED) is 0.872. The van der Waals surface area contributed by atoms with Gasteiger partial charge >= 0.3 is 0 Å². The smallest absolute Gasteiger partial charge is 0.0353 e. The fourth-order valence-corrected chi connectivity index (χ4v) is 4.09. The van der Waals surface area contributed by atoms with Crippen LogP contribution in [0.2, 0.25) is 0 Å². The van der Waals surface area contributed by atoms with Crippen LogP contribution in [0.25, 0.3) is 0 Å². The lowest BCUT2D eigenvalue weighted by atomic mass is 9.88. The summed E-state index contributed by atoms with van der Waals surface area (Å²) in [6.45, 7) is 1.21. The highest BCUT2D eigenvalue weighted by Gasteiger charge is 2.34. The molecule has 3 rings (SSSR count). The monoisotopic (exact) mass is 322 g/mol. The van der Waals surface area contributed by atoms with Crippen molar-refractivity contribution >= 4 is 21.6 Å². The second-order valence-electron chi connectivity index (χ2n) is 5.91. The van der Waals surface area contributed by atoms with Gasteiger partial charge in [0, 0.05) is 22.2 Å². The molecular formula is C16H23BrN2. The molecule has 1 saturated carbocycles. The van der Waals surface area contributed by atoms with E-state index in [0.717, 1.165) is 16.4 Å². The topological polar surface area (TPSA) is 24.1 Å². The van der Waals surface area contributed by atoms with Crippen LogP contribution < -0.4 is 10.6 Å². The molecule has 1 aliphatic heterocycles. The Kier molecular flexibility index (Phi) is 4.44. The molecule has 2 fully saturated rings. The Balaban J connectivity index is 1.65. The third kappa shape index (κ3) is 3.32. The van der Waals surface area contributed by atoms with Crippen LogP contribution in [-0.2, 0) is 0 Å². The van der Waals surface area contributed by atoms with Gasteiger partial charge in [-0.1, -0.05) is 34.8 Å². The maximum atomic E-state index is 3.76. The molecule has 2 aliphatic rings. The molecule has 1 aromatic rings. The summed E-state index contributed by atoms with van der Waals surface area (Å²) >= 11 is 3.55. The maximum absolute atomic E-state index is 3.76. The van der Waals surface area contributed by atoms with Gasteiger partial charge in [-0.25, -0.2) is 0 Å². The molecule has 1 aliphatic carbocycles. The summed E-state index contributed by atoms with van der Waals surface area (Å²) in [7, 11) is 0. The standard InChI is InChI=1S/C16H23BrN2/c17-12-5-3-6-13(11-12)19-16-9-4-7-14(16)15-8-1-2-10-18-15/h3,5-6,11,14-16,18-19H,1-2,4,7-10H2. The summed E-state index contributed by atoms with van der Waals surface area (Å²) in [6.07, 6.45) is 8.18. The van der Waals surface area contributed by atoms with Crippen molar-refractivity contribution in [1.82, 2.24) is 5.32 Å². The van der Waals surface area contributed by atoms with Crippen molar-refractivity contribution in [3.05, 3.63) is 28.7 Å². The molecule has 19 heavy (non-hydrogen) atoms. The van der Waals surface area contributed by atoms with E-state index >= 15 is 0 Å². The summed E-state index contributed by atoms with van der Waals surface area (Å²) in [5, 5.41) is 7.50. The predicted molar refractivity (Wildman–Crippen MR) is 84.5 cm³/mol. The fourth-order valence-electron chi connectivity index (χ4n) is 3.69. The molecule has 3 atom stereocenters. The van der Waals surface area contributed by atoms with E-state index in [4.69, 9.17) is 0 Å². The van der Waals surface area contributed by atoms with Gasteiger partial charge in [-0.2, -0.15) is 0 Å². The Labute approximate surface area is 124 Å². The van der Waals surface area contributed by atoms with Crippen molar-refractivity contribution in [1.29, 1.82) is 0 Å². The zero-order valence-electron chi connectivity index (χ0n) is 11.4. The summed E-state index contributed by atoms with van der Waals surface area (Å²) in [4.78, 5) is 0. The fraction of sp³-hybridized carbons (Fsp3) is 0.625. The van der Waals surface area contributed by atoms with Crippen LogP contribution in [0.3, 0.4) is 0 Å². The lowest BCUT2D eigenvalue weighted by molar-refractivity contribution is 0.286. The molecule has 3 unspecified atom stereocenters. The molecule has 0 radical (unpaired) electrons. The van der Waals surface area contributed by atoms with E-state index < -0.39 is 0 Å². The van der Waals surface area contributed by atoms with Crippen molar-refractivity contribution in [2.24, 2.45) is 5.92 Å². The molecule has 0 spiro atoms. The van der Waals surface area contributed by atoms with Gasteiger partial charge in [0.2, 0.25) is 0 Å². The van der Waals surface area contributed by atoms with Crippen molar-refractivity contribution < 1.29 is 0 Å². The van der Waals surface area contributed by atoms with Crippen molar-refractivity contribution in [2.45, 2.75) is 50.6 Å². The highest BCUT2D eigenvalue weighted by atomic mass is 79.9. The Morgan fingerprint density at radius 2 is 2.05 bits per heavy atom. The molecule has 1 heterocycles. The summed E-state index contributed by atoms with van der Waals surface area (Å²) < 4.78 is 1.16. The van der Waals surface area contributed by atoms with Gasteiger partial charge in [-0.3, -0.25) is 0 Å². The van der Waals surface area contributed by atoms with Crippen molar-refractivity contribution in [3.63, 3.8) is 0 Å².